The maximum absolute atomic E-state index is 14.1. The molecule has 1 aromatic rings. The Balaban J connectivity index is 1.70. The van der Waals surface area contributed by atoms with Gasteiger partial charge in [-0.25, -0.2) is 0 Å². The molecule has 1 aliphatic heterocycles. The Morgan fingerprint density at radius 1 is 1.15 bits per heavy atom. The van der Waals surface area contributed by atoms with Crippen molar-refractivity contribution in [1.29, 1.82) is 0 Å². The van der Waals surface area contributed by atoms with E-state index in [0.29, 0.717) is 17.7 Å². The van der Waals surface area contributed by atoms with Gasteiger partial charge in [-0.2, -0.15) is 0 Å². The van der Waals surface area contributed by atoms with Crippen LogP contribution < -0.4 is 10.6 Å². The number of carbonyl (C=O) groups excluding carboxylic acids is 3. The van der Waals surface area contributed by atoms with E-state index in [1.807, 2.05) is 25.1 Å². The van der Waals surface area contributed by atoms with Gasteiger partial charge in [0.1, 0.15) is 22.8 Å². The van der Waals surface area contributed by atoms with E-state index in [4.69, 9.17) is 5.73 Å². The molecule has 1 fully saturated rings. The first-order valence-electron chi connectivity index (χ1n) is 13.4. The number of phenols is 1. The van der Waals surface area contributed by atoms with Gasteiger partial charge < -0.3 is 31.1 Å². The monoisotopic (exact) mass is 552 g/mol. The number of Topliss-reactive ketones (excluding diaryl/α,β-unsaturated/α-hetero) is 2. The number of aromatic hydroxyl groups is 1. The van der Waals surface area contributed by atoms with Crippen LogP contribution in [-0.2, 0) is 27.3 Å². The molecule has 40 heavy (non-hydrogen) atoms. The lowest BCUT2D eigenvalue weighted by molar-refractivity contribution is -0.153. The molecule has 1 aromatic carbocycles. The summed E-state index contributed by atoms with van der Waals surface area (Å²) in [7, 11) is 6.87. The lowest BCUT2D eigenvalue weighted by Crippen LogP contribution is -2.65. The predicted octanol–water partition coefficient (Wildman–Crippen LogP) is 0.792. The number of aliphatic hydroxyl groups excluding tert-OH is 2. The number of primary amides is 1. The molecular weight excluding hydrogens is 516 g/mol. The van der Waals surface area contributed by atoms with Crippen molar-refractivity contribution in [1.82, 2.24) is 9.80 Å². The second kappa shape index (κ2) is 9.76. The van der Waals surface area contributed by atoms with Gasteiger partial charge in [0.25, 0.3) is 5.91 Å². The molecule has 3 aliphatic carbocycles. The van der Waals surface area contributed by atoms with Crippen LogP contribution >= 0.6 is 0 Å². The molecule has 0 spiro atoms. The third-order valence-electron chi connectivity index (χ3n) is 8.79. The quantitative estimate of drug-likeness (QED) is 0.260. The van der Waals surface area contributed by atoms with Crippen LogP contribution in [0.4, 0.5) is 5.69 Å². The number of carbonyl (C=O) groups is 3. The number of anilines is 1. The summed E-state index contributed by atoms with van der Waals surface area (Å²) >= 11 is 0. The molecule has 4 aliphatic rings. The number of amides is 1. The number of fused-ring (bicyclic) bond motifs is 3. The minimum absolute atomic E-state index is 0.0568. The average molecular weight is 553 g/mol. The minimum Gasteiger partial charge on any atom is -0.508 e. The molecule has 5 rings (SSSR count). The Kier molecular flexibility index (Phi) is 6.80. The number of benzene rings is 1. The van der Waals surface area contributed by atoms with E-state index in [-0.39, 0.29) is 29.7 Å². The van der Waals surface area contributed by atoms with Gasteiger partial charge in [0.05, 0.1) is 11.6 Å². The Hall–Kier alpha value is -3.67. The predicted molar refractivity (Wildman–Crippen MR) is 148 cm³/mol. The lowest BCUT2D eigenvalue weighted by atomic mass is 9.57. The van der Waals surface area contributed by atoms with Crippen molar-refractivity contribution in [2.45, 2.75) is 37.5 Å². The summed E-state index contributed by atoms with van der Waals surface area (Å²) in [4.78, 5) is 45.0. The van der Waals surface area contributed by atoms with E-state index >= 15 is 0 Å². The van der Waals surface area contributed by atoms with Gasteiger partial charge in [-0.1, -0.05) is 12.2 Å². The average Bonchev–Trinajstić information content (AvgIpc) is 2.87. The fourth-order valence-electron chi connectivity index (χ4n) is 6.94. The first-order valence-corrected chi connectivity index (χ1v) is 13.4. The van der Waals surface area contributed by atoms with Crippen LogP contribution in [-0.4, -0.2) is 101 Å². The summed E-state index contributed by atoms with van der Waals surface area (Å²) in [5, 5.41) is 45.8. The van der Waals surface area contributed by atoms with E-state index in [2.05, 4.69) is 17.1 Å². The van der Waals surface area contributed by atoms with Crippen LogP contribution in [0, 0.1) is 11.8 Å². The highest BCUT2D eigenvalue weighted by molar-refractivity contribution is 6.24. The topological polar surface area (TPSA) is 168 Å². The Morgan fingerprint density at radius 3 is 2.42 bits per heavy atom. The zero-order valence-electron chi connectivity index (χ0n) is 23.1. The molecule has 1 saturated carbocycles. The number of nitrogens with zero attached hydrogens (tertiary/aromatic N) is 3. The van der Waals surface area contributed by atoms with Crippen LogP contribution in [0.2, 0.25) is 0 Å². The van der Waals surface area contributed by atoms with Crippen molar-refractivity contribution < 1.29 is 34.8 Å². The molecule has 6 N–H and O–H groups in total. The van der Waals surface area contributed by atoms with Crippen molar-refractivity contribution in [3.05, 3.63) is 51.8 Å². The van der Waals surface area contributed by atoms with Crippen LogP contribution in [0.3, 0.4) is 0 Å². The smallest absolute Gasteiger partial charge is 0.255 e. The number of ketones is 2. The van der Waals surface area contributed by atoms with Crippen molar-refractivity contribution in [2.75, 3.05) is 46.2 Å². The van der Waals surface area contributed by atoms with Crippen molar-refractivity contribution >= 4 is 28.9 Å². The number of likely N-dealkylation sites (N-methyl/N-ethyl adjacent to an activating group) is 1. The summed E-state index contributed by atoms with van der Waals surface area (Å²) in [6.07, 6.45) is 5.36. The second-order valence-electron chi connectivity index (χ2n) is 11.6. The molecule has 1 unspecified atom stereocenters. The molecule has 1 amide bonds. The Morgan fingerprint density at radius 2 is 1.85 bits per heavy atom. The second-order valence-corrected chi connectivity index (χ2v) is 11.6. The molecule has 214 valence electrons. The van der Waals surface area contributed by atoms with E-state index in [0.717, 1.165) is 25.2 Å². The van der Waals surface area contributed by atoms with E-state index in [1.54, 1.807) is 14.1 Å². The maximum Gasteiger partial charge on any atom is 0.255 e. The SMILES string of the molecule is CN(C)c1cc(CN2CC=CCC2)c(O)c2c1C[C@H]1C[C@H]3C(N(C)C)C(=O)C(C(N)=O)=C(O)[C@@]3(O)C(=O)C1=C2O. The minimum atomic E-state index is -2.65. The highest BCUT2D eigenvalue weighted by Crippen LogP contribution is 2.54. The molecule has 11 nitrogen and oxygen atoms in total. The molecule has 1 heterocycles. The molecule has 0 saturated heterocycles. The number of rotatable bonds is 5. The van der Waals surface area contributed by atoms with Crippen LogP contribution in [0.25, 0.3) is 5.76 Å². The summed E-state index contributed by atoms with van der Waals surface area (Å²) in [6.45, 7) is 1.95. The number of hydrogen-bond acceptors (Lipinski definition) is 10. The van der Waals surface area contributed by atoms with E-state index < -0.39 is 58.0 Å². The summed E-state index contributed by atoms with van der Waals surface area (Å²) in [5.74, 6) is -6.46. The zero-order chi connectivity index (χ0) is 29.3. The third kappa shape index (κ3) is 3.94. The number of aliphatic hydroxyl groups is 3. The normalized spacial score (nSPS) is 28.5. The van der Waals surface area contributed by atoms with Crippen molar-refractivity contribution in [3.63, 3.8) is 0 Å². The van der Waals surface area contributed by atoms with Gasteiger partial charge in [-0.3, -0.25) is 24.2 Å². The fourth-order valence-corrected chi connectivity index (χ4v) is 6.94. The van der Waals surface area contributed by atoms with Crippen molar-refractivity contribution in [3.8, 4) is 5.75 Å². The fraction of sp³-hybridized carbons (Fsp3) is 0.483. The molecule has 0 aromatic heterocycles. The number of hydrogen-bond donors (Lipinski definition) is 5. The Bertz CT molecular complexity index is 1410. The summed E-state index contributed by atoms with van der Waals surface area (Å²) in [5.41, 5.74) is 3.89. The van der Waals surface area contributed by atoms with E-state index in [9.17, 15) is 34.8 Å². The van der Waals surface area contributed by atoms with Crippen LogP contribution in [0.5, 0.6) is 5.75 Å². The zero-order valence-corrected chi connectivity index (χ0v) is 23.1. The van der Waals surface area contributed by atoms with Gasteiger partial charge in [0.15, 0.2) is 11.4 Å². The first-order chi connectivity index (χ1) is 18.8. The van der Waals surface area contributed by atoms with Gasteiger partial charge in [-0.15, -0.1) is 0 Å². The highest BCUT2D eigenvalue weighted by atomic mass is 16.3. The first kappa shape index (κ1) is 27.9. The molecule has 11 heteroatoms. The van der Waals surface area contributed by atoms with Crippen molar-refractivity contribution in [2.24, 2.45) is 17.6 Å². The highest BCUT2D eigenvalue weighted by Gasteiger charge is 2.64. The maximum atomic E-state index is 14.1. The van der Waals surface area contributed by atoms with Gasteiger partial charge in [0, 0.05) is 56.5 Å². The standard InChI is InChI=1S/C29H36N4O7/c1-31(2)18-12-15(13-33-8-6-5-7-9-33)23(34)20-16(18)10-14-11-17-22(32(3)4)25(36)21(28(30)39)27(38)29(17,40)26(37)19(14)24(20)35/h5-6,12,14,17,22,34-35,38,40H,7-11,13H2,1-4H3,(H2,30,39)/t14-,17-,22?,29-/m0/s1. The van der Waals surface area contributed by atoms with Crippen LogP contribution in [0.1, 0.15) is 29.5 Å². The number of phenolic OH excluding ortho intramolecular Hbond substituents is 1. The molecular formula is C29H36N4O7. The van der Waals surface area contributed by atoms with Gasteiger partial charge in [-0.05, 0) is 50.9 Å². The van der Waals surface area contributed by atoms with Gasteiger partial charge in [0.2, 0.25) is 5.78 Å². The third-order valence-corrected chi connectivity index (χ3v) is 8.79. The molecule has 0 bridgehead atoms. The van der Waals surface area contributed by atoms with E-state index in [1.165, 1.54) is 4.90 Å². The summed E-state index contributed by atoms with van der Waals surface area (Å²) in [6, 6.07) is 0.784. The number of nitrogens with two attached hydrogens (primary N) is 1. The molecule has 4 atom stereocenters. The lowest BCUT2D eigenvalue weighted by Gasteiger charge is -2.50. The van der Waals surface area contributed by atoms with Crippen LogP contribution in [0.15, 0.2) is 35.1 Å². The summed E-state index contributed by atoms with van der Waals surface area (Å²) < 4.78 is 0. The Labute approximate surface area is 232 Å². The molecule has 0 radical (unpaired) electrons. The van der Waals surface area contributed by atoms with Gasteiger partial charge >= 0.3 is 0 Å². The largest absolute Gasteiger partial charge is 0.508 e.